The lowest BCUT2D eigenvalue weighted by molar-refractivity contribution is -0.146. The zero-order valence-corrected chi connectivity index (χ0v) is 9.29. The van der Waals surface area contributed by atoms with E-state index in [1.54, 1.807) is 37.3 Å². The Morgan fingerprint density at radius 1 is 1.35 bits per heavy atom. The summed E-state index contributed by atoms with van der Waals surface area (Å²) in [6.45, 7) is 1.49. The van der Waals surface area contributed by atoms with Crippen molar-refractivity contribution in [2.75, 3.05) is 6.61 Å². The van der Waals surface area contributed by atoms with E-state index in [-0.39, 0.29) is 6.61 Å². The molecule has 1 aromatic rings. The minimum Gasteiger partial charge on any atom is -0.455 e. The van der Waals surface area contributed by atoms with Gasteiger partial charge < -0.3 is 14.2 Å². The Labute approximate surface area is 98.3 Å². The van der Waals surface area contributed by atoms with Crippen molar-refractivity contribution >= 4 is 11.9 Å². The van der Waals surface area contributed by atoms with Crippen molar-refractivity contribution in [3.05, 3.63) is 35.9 Å². The standard InChI is InChI=1S/C12H12O5/c1-8-11(13)17-10(16-8)7-15-12(14)9-5-3-2-4-6-9/h2-6,8,10H,7H2,1H3. The van der Waals surface area contributed by atoms with Gasteiger partial charge in [0.25, 0.3) is 0 Å². The second-order valence-electron chi connectivity index (χ2n) is 3.61. The molecule has 0 amide bonds. The van der Waals surface area contributed by atoms with E-state index in [1.165, 1.54) is 0 Å². The van der Waals surface area contributed by atoms with Crippen LogP contribution in [0.25, 0.3) is 0 Å². The number of benzene rings is 1. The maximum absolute atomic E-state index is 11.5. The fourth-order valence-corrected chi connectivity index (χ4v) is 1.41. The Morgan fingerprint density at radius 3 is 2.65 bits per heavy atom. The van der Waals surface area contributed by atoms with Gasteiger partial charge in [-0.05, 0) is 19.1 Å². The molecule has 2 unspecified atom stereocenters. The Bertz CT molecular complexity index is 414. The van der Waals surface area contributed by atoms with Crippen molar-refractivity contribution in [1.82, 2.24) is 0 Å². The molecular formula is C12H12O5. The Hall–Kier alpha value is -1.88. The summed E-state index contributed by atoms with van der Waals surface area (Å²) < 4.78 is 14.9. The van der Waals surface area contributed by atoms with E-state index in [1.807, 2.05) is 0 Å². The molecule has 1 fully saturated rings. The van der Waals surface area contributed by atoms with E-state index in [2.05, 4.69) is 0 Å². The van der Waals surface area contributed by atoms with Gasteiger partial charge in [-0.2, -0.15) is 0 Å². The minimum absolute atomic E-state index is 0.0934. The predicted octanol–water partition coefficient (Wildman–Crippen LogP) is 1.13. The van der Waals surface area contributed by atoms with Crippen molar-refractivity contribution in [2.45, 2.75) is 19.3 Å². The molecule has 0 bridgehead atoms. The third kappa shape index (κ3) is 2.82. The lowest BCUT2D eigenvalue weighted by Crippen LogP contribution is -2.20. The number of hydrogen-bond acceptors (Lipinski definition) is 5. The van der Waals surface area contributed by atoms with Gasteiger partial charge in [0, 0.05) is 0 Å². The van der Waals surface area contributed by atoms with Gasteiger partial charge >= 0.3 is 11.9 Å². The van der Waals surface area contributed by atoms with Crippen LogP contribution in [-0.2, 0) is 19.0 Å². The summed E-state index contributed by atoms with van der Waals surface area (Å²) in [6.07, 6.45) is -1.40. The third-order valence-electron chi connectivity index (χ3n) is 2.30. The summed E-state index contributed by atoms with van der Waals surface area (Å²) in [5.74, 6) is -0.907. The Balaban J connectivity index is 1.83. The van der Waals surface area contributed by atoms with Gasteiger partial charge in [0.15, 0.2) is 12.7 Å². The van der Waals surface area contributed by atoms with Crippen LogP contribution in [0.15, 0.2) is 30.3 Å². The number of esters is 2. The second-order valence-corrected chi connectivity index (χ2v) is 3.61. The normalized spacial score (nSPS) is 23.2. The van der Waals surface area contributed by atoms with E-state index in [9.17, 15) is 9.59 Å². The zero-order valence-electron chi connectivity index (χ0n) is 9.29. The SMILES string of the molecule is CC1OC(COC(=O)c2ccccc2)OC1=O. The molecule has 17 heavy (non-hydrogen) atoms. The van der Waals surface area contributed by atoms with Crippen LogP contribution in [0.3, 0.4) is 0 Å². The van der Waals surface area contributed by atoms with Gasteiger partial charge in [0.05, 0.1) is 5.56 Å². The van der Waals surface area contributed by atoms with Crippen LogP contribution in [0.5, 0.6) is 0 Å². The molecular weight excluding hydrogens is 224 g/mol. The van der Waals surface area contributed by atoms with E-state index in [4.69, 9.17) is 14.2 Å². The van der Waals surface area contributed by atoms with Crippen LogP contribution < -0.4 is 0 Å². The van der Waals surface area contributed by atoms with Gasteiger partial charge in [0.2, 0.25) is 6.29 Å². The first-order chi connectivity index (χ1) is 8.16. The third-order valence-corrected chi connectivity index (χ3v) is 2.30. The number of hydrogen-bond donors (Lipinski definition) is 0. The molecule has 0 radical (unpaired) electrons. The molecule has 0 aliphatic carbocycles. The smallest absolute Gasteiger partial charge is 0.338 e. The van der Waals surface area contributed by atoms with Crippen molar-refractivity contribution in [3.8, 4) is 0 Å². The molecule has 0 aromatic heterocycles. The molecule has 1 heterocycles. The van der Waals surface area contributed by atoms with Crippen LogP contribution in [0.4, 0.5) is 0 Å². The fourth-order valence-electron chi connectivity index (χ4n) is 1.41. The summed E-state index contributed by atoms with van der Waals surface area (Å²) in [5, 5.41) is 0. The summed E-state index contributed by atoms with van der Waals surface area (Å²) >= 11 is 0. The molecule has 1 aromatic carbocycles. The van der Waals surface area contributed by atoms with E-state index in [0.717, 1.165) is 0 Å². The summed E-state index contributed by atoms with van der Waals surface area (Å²) in [4.78, 5) is 22.6. The number of carbonyl (C=O) groups excluding carboxylic acids is 2. The second kappa shape index (κ2) is 4.97. The topological polar surface area (TPSA) is 61.8 Å². The van der Waals surface area contributed by atoms with Gasteiger partial charge in [-0.1, -0.05) is 18.2 Å². The fraction of sp³-hybridized carbons (Fsp3) is 0.333. The van der Waals surface area contributed by atoms with Crippen molar-refractivity contribution in [3.63, 3.8) is 0 Å². The molecule has 2 rings (SSSR count). The Kier molecular flexibility index (Phi) is 3.39. The van der Waals surface area contributed by atoms with Crippen LogP contribution in [0.2, 0.25) is 0 Å². The summed E-state index contributed by atoms with van der Waals surface area (Å²) in [5.41, 5.74) is 0.449. The van der Waals surface area contributed by atoms with Crippen LogP contribution >= 0.6 is 0 Å². The van der Waals surface area contributed by atoms with Crippen LogP contribution in [-0.4, -0.2) is 30.9 Å². The highest BCUT2D eigenvalue weighted by atomic mass is 16.8. The average Bonchev–Trinajstić information content (AvgIpc) is 2.67. The van der Waals surface area contributed by atoms with Crippen molar-refractivity contribution in [1.29, 1.82) is 0 Å². The summed E-state index contributed by atoms with van der Waals surface area (Å²) in [6, 6.07) is 8.58. The van der Waals surface area contributed by atoms with Crippen LogP contribution in [0.1, 0.15) is 17.3 Å². The monoisotopic (exact) mass is 236 g/mol. The molecule has 0 spiro atoms. The maximum Gasteiger partial charge on any atom is 0.338 e. The molecule has 2 atom stereocenters. The van der Waals surface area contributed by atoms with Crippen LogP contribution in [0, 0.1) is 0 Å². The molecule has 5 heteroatoms. The molecule has 0 saturated carbocycles. The zero-order chi connectivity index (χ0) is 12.3. The van der Waals surface area contributed by atoms with Gasteiger partial charge in [-0.15, -0.1) is 0 Å². The molecule has 1 aliphatic rings. The highest BCUT2D eigenvalue weighted by Crippen LogP contribution is 2.13. The quantitative estimate of drug-likeness (QED) is 0.736. The lowest BCUT2D eigenvalue weighted by Gasteiger charge is -2.09. The molecule has 90 valence electrons. The number of rotatable bonds is 3. The number of cyclic esters (lactones) is 1. The molecule has 0 N–H and O–H groups in total. The van der Waals surface area contributed by atoms with Gasteiger partial charge in [-0.25, -0.2) is 9.59 Å². The highest BCUT2D eigenvalue weighted by Gasteiger charge is 2.32. The predicted molar refractivity (Wildman–Crippen MR) is 57.2 cm³/mol. The first-order valence-corrected chi connectivity index (χ1v) is 5.25. The van der Waals surface area contributed by atoms with Gasteiger partial charge in [-0.3, -0.25) is 0 Å². The Morgan fingerprint density at radius 2 is 2.06 bits per heavy atom. The molecule has 1 aliphatic heterocycles. The van der Waals surface area contributed by atoms with Gasteiger partial charge in [0.1, 0.15) is 0 Å². The van der Waals surface area contributed by atoms with Crippen molar-refractivity contribution in [2.24, 2.45) is 0 Å². The first-order valence-electron chi connectivity index (χ1n) is 5.25. The largest absolute Gasteiger partial charge is 0.455 e. The number of ether oxygens (including phenoxy) is 3. The molecule has 1 saturated heterocycles. The number of carbonyl (C=O) groups is 2. The summed E-state index contributed by atoms with van der Waals surface area (Å²) in [7, 11) is 0. The maximum atomic E-state index is 11.5. The lowest BCUT2D eigenvalue weighted by atomic mass is 10.2. The van der Waals surface area contributed by atoms with E-state index in [0.29, 0.717) is 5.56 Å². The highest BCUT2D eigenvalue weighted by molar-refractivity contribution is 5.89. The molecule has 5 nitrogen and oxygen atoms in total. The first kappa shape index (κ1) is 11.6. The van der Waals surface area contributed by atoms with Crippen molar-refractivity contribution < 1.29 is 23.8 Å². The van der Waals surface area contributed by atoms with E-state index >= 15 is 0 Å². The minimum atomic E-state index is -0.801. The average molecular weight is 236 g/mol. The van der Waals surface area contributed by atoms with E-state index < -0.39 is 24.3 Å².